The van der Waals surface area contributed by atoms with Gasteiger partial charge in [0, 0.05) is 23.2 Å². The molecule has 0 saturated carbocycles. The van der Waals surface area contributed by atoms with Gasteiger partial charge in [0.15, 0.2) is 5.78 Å². The van der Waals surface area contributed by atoms with Crippen molar-refractivity contribution in [3.8, 4) is 0 Å². The Hall–Kier alpha value is -4.69. The molecule has 2 unspecified atom stereocenters. The van der Waals surface area contributed by atoms with Gasteiger partial charge in [0.25, 0.3) is 0 Å². The SMILES string of the molecule is CCN1c2ccc3ccccc3c2C(C)(C)C12C=C(c1ccccc1)C=C(c1ccccc1)C2C(=O)c1ccccc1. The number of anilines is 1. The number of carbonyl (C=O) groups is 1. The molecule has 1 aliphatic carbocycles. The van der Waals surface area contributed by atoms with E-state index in [1.807, 2.05) is 36.4 Å². The predicted octanol–water partition coefficient (Wildman–Crippen LogP) is 9.38. The molecule has 2 heteroatoms. The number of benzene rings is 5. The van der Waals surface area contributed by atoms with Crippen LogP contribution in [-0.4, -0.2) is 17.9 Å². The third kappa shape index (κ3) is 3.75. The number of nitrogens with zero attached hydrogens (tertiary/aromatic N) is 1. The molecule has 1 spiro atoms. The average Bonchev–Trinajstić information content (AvgIpc) is 3.23. The minimum atomic E-state index is -0.660. The lowest BCUT2D eigenvalue weighted by molar-refractivity contribution is 0.0883. The third-order valence-electron chi connectivity index (χ3n) is 9.56. The van der Waals surface area contributed by atoms with E-state index in [0.717, 1.165) is 34.4 Å². The molecule has 5 aromatic rings. The smallest absolute Gasteiger partial charge is 0.173 e. The lowest BCUT2D eigenvalue weighted by Gasteiger charge is -2.53. The largest absolute Gasteiger partial charge is 0.360 e. The molecular weight excluding hydrogens is 510 g/mol. The number of carbonyl (C=O) groups excluding carboxylic acids is 1. The predicted molar refractivity (Wildman–Crippen MR) is 176 cm³/mol. The Morgan fingerprint density at radius 2 is 1.31 bits per heavy atom. The molecule has 0 saturated heterocycles. The molecule has 0 fully saturated rings. The Balaban J connectivity index is 1.60. The second-order valence-electron chi connectivity index (χ2n) is 12.0. The van der Waals surface area contributed by atoms with E-state index in [4.69, 9.17) is 0 Å². The van der Waals surface area contributed by atoms with E-state index in [0.29, 0.717) is 0 Å². The molecule has 42 heavy (non-hydrogen) atoms. The number of allylic oxidation sites excluding steroid dienone is 2. The highest BCUT2D eigenvalue weighted by molar-refractivity contribution is 6.11. The van der Waals surface area contributed by atoms with Crippen LogP contribution < -0.4 is 4.90 Å². The number of rotatable bonds is 5. The third-order valence-corrected chi connectivity index (χ3v) is 9.56. The normalized spacial score (nSPS) is 20.7. The van der Waals surface area contributed by atoms with Gasteiger partial charge in [-0.15, -0.1) is 0 Å². The van der Waals surface area contributed by atoms with E-state index in [9.17, 15) is 0 Å². The first-order valence-corrected chi connectivity index (χ1v) is 14.9. The van der Waals surface area contributed by atoms with E-state index in [1.54, 1.807) is 0 Å². The number of ketones is 1. The number of fused-ring (bicyclic) bond motifs is 3. The molecule has 2 nitrogen and oxygen atoms in total. The minimum Gasteiger partial charge on any atom is -0.360 e. The van der Waals surface area contributed by atoms with Crippen molar-refractivity contribution in [2.24, 2.45) is 5.92 Å². The van der Waals surface area contributed by atoms with Gasteiger partial charge in [-0.05, 0) is 63.8 Å². The van der Waals surface area contributed by atoms with Crippen molar-refractivity contribution in [1.82, 2.24) is 0 Å². The quantitative estimate of drug-likeness (QED) is 0.205. The van der Waals surface area contributed by atoms with Crippen molar-refractivity contribution in [3.05, 3.63) is 162 Å². The topological polar surface area (TPSA) is 20.3 Å². The van der Waals surface area contributed by atoms with Gasteiger partial charge >= 0.3 is 0 Å². The molecule has 7 rings (SSSR count). The van der Waals surface area contributed by atoms with Crippen LogP contribution in [0.5, 0.6) is 0 Å². The van der Waals surface area contributed by atoms with Crippen LogP contribution in [0, 0.1) is 5.92 Å². The van der Waals surface area contributed by atoms with E-state index in [-0.39, 0.29) is 5.78 Å². The van der Waals surface area contributed by atoms with Crippen molar-refractivity contribution in [2.75, 3.05) is 11.4 Å². The summed E-state index contributed by atoms with van der Waals surface area (Å²) >= 11 is 0. The summed E-state index contributed by atoms with van der Waals surface area (Å²) in [5.41, 5.74) is 6.65. The second-order valence-corrected chi connectivity index (χ2v) is 12.0. The van der Waals surface area contributed by atoms with Gasteiger partial charge in [-0.2, -0.15) is 0 Å². The lowest BCUT2D eigenvalue weighted by atomic mass is 9.56. The van der Waals surface area contributed by atoms with Crippen LogP contribution in [0.25, 0.3) is 21.9 Å². The fourth-order valence-electron chi connectivity index (χ4n) is 7.72. The maximum atomic E-state index is 15.1. The molecule has 1 aliphatic heterocycles. The molecule has 5 aromatic carbocycles. The van der Waals surface area contributed by atoms with Gasteiger partial charge < -0.3 is 4.90 Å². The minimum absolute atomic E-state index is 0.151. The van der Waals surface area contributed by atoms with Crippen LogP contribution in [0.2, 0.25) is 0 Å². The zero-order chi connectivity index (χ0) is 28.9. The Morgan fingerprint density at radius 3 is 1.98 bits per heavy atom. The van der Waals surface area contributed by atoms with Crippen LogP contribution in [-0.2, 0) is 5.41 Å². The zero-order valence-corrected chi connectivity index (χ0v) is 24.4. The summed E-state index contributed by atoms with van der Waals surface area (Å²) in [4.78, 5) is 17.6. The number of hydrogen-bond acceptors (Lipinski definition) is 2. The van der Waals surface area contributed by atoms with Crippen LogP contribution in [0.4, 0.5) is 5.69 Å². The van der Waals surface area contributed by atoms with Crippen molar-refractivity contribution in [1.29, 1.82) is 0 Å². The summed E-state index contributed by atoms with van der Waals surface area (Å²) < 4.78 is 0. The van der Waals surface area contributed by atoms with Crippen LogP contribution in [0.3, 0.4) is 0 Å². The van der Waals surface area contributed by atoms with Crippen LogP contribution in [0.1, 0.15) is 47.8 Å². The van der Waals surface area contributed by atoms with Gasteiger partial charge in [0.05, 0.1) is 11.5 Å². The van der Waals surface area contributed by atoms with E-state index in [1.165, 1.54) is 22.0 Å². The number of Topliss-reactive ketones (excluding diaryl/α,β-unsaturated/α-hetero) is 1. The summed E-state index contributed by atoms with van der Waals surface area (Å²) in [7, 11) is 0. The number of hydrogen-bond donors (Lipinski definition) is 0. The monoisotopic (exact) mass is 545 g/mol. The molecule has 0 amide bonds. The zero-order valence-electron chi connectivity index (χ0n) is 24.4. The molecule has 0 bridgehead atoms. The van der Waals surface area contributed by atoms with Gasteiger partial charge in [-0.25, -0.2) is 0 Å². The molecule has 0 radical (unpaired) electrons. The maximum Gasteiger partial charge on any atom is 0.173 e. The molecule has 1 heterocycles. The molecule has 0 N–H and O–H groups in total. The summed E-state index contributed by atoms with van der Waals surface area (Å²) in [6, 6.07) is 44.2. The standard InChI is InChI=1S/C40H35NO/c1-4-41-35-25-24-30-20-14-15-23-33(30)36(35)39(2,3)40(41)27-32(28-16-8-5-9-17-28)26-34(29-18-10-6-11-19-29)37(40)38(42)31-21-12-7-13-22-31/h5-27,37H,4H2,1-3H3. The van der Waals surface area contributed by atoms with Crippen LogP contribution >= 0.6 is 0 Å². The van der Waals surface area contributed by atoms with Gasteiger partial charge in [-0.3, -0.25) is 4.79 Å². The first kappa shape index (κ1) is 26.2. The lowest BCUT2D eigenvalue weighted by Crippen LogP contribution is -2.62. The maximum absolute atomic E-state index is 15.1. The van der Waals surface area contributed by atoms with Gasteiger partial charge in [0.2, 0.25) is 0 Å². The first-order valence-electron chi connectivity index (χ1n) is 14.9. The van der Waals surface area contributed by atoms with Crippen molar-refractivity contribution < 1.29 is 4.79 Å². The van der Waals surface area contributed by atoms with E-state index < -0.39 is 16.9 Å². The Kier molecular flexibility index (Phi) is 6.24. The molecule has 2 atom stereocenters. The molecular formula is C40H35NO. The number of likely N-dealkylation sites (N-methyl/N-ethyl adjacent to an activating group) is 1. The summed E-state index contributed by atoms with van der Waals surface area (Å²) in [6.45, 7) is 7.70. The highest BCUT2D eigenvalue weighted by atomic mass is 16.1. The Bertz CT molecular complexity index is 1850. The van der Waals surface area contributed by atoms with Crippen molar-refractivity contribution in [2.45, 2.75) is 31.7 Å². The van der Waals surface area contributed by atoms with Crippen molar-refractivity contribution in [3.63, 3.8) is 0 Å². The van der Waals surface area contributed by atoms with E-state index in [2.05, 4.69) is 129 Å². The van der Waals surface area contributed by atoms with Crippen molar-refractivity contribution >= 4 is 33.4 Å². The first-order chi connectivity index (χ1) is 20.5. The highest BCUT2D eigenvalue weighted by Gasteiger charge is 2.63. The van der Waals surface area contributed by atoms with Gasteiger partial charge in [0.1, 0.15) is 0 Å². The highest BCUT2D eigenvalue weighted by Crippen LogP contribution is 2.62. The Morgan fingerprint density at radius 1 is 0.714 bits per heavy atom. The van der Waals surface area contributed by atoms with E-state index >= 15 is 4.79 Å². The summed E-state index contributed by atoms with van der Waals surface area (Å²) in [5.74, 6) is -0.284. The average molecular weight is 546 g/mol. The van der Waals surface area contributed by atoms with Gasteiger partial charge in [-0.1, -0.05) is 135 Å². The fourth-order valence-corrected chi connectivity index (χ4v) is 7.72. The fraction of sp³-hybridized carbons (Fsp3) is 0.175. The Labute approximate surface area is 248 Å². The summed E-state index contributed by atoms with van der Waals surface area (Å²) in [6.07, 6.45) is 4.70. The summed E-state index contributed by atoms with van der Waals surface area (Å²) in [5, 5.41) is 2.48. The molecule has 0 aromatic heterocycles. The molecule has 2 aliphatic rings. The van der Waals surface area contributed by atoms with Crippen LogP contribution in [0.15, 0.2) is 140 Å². The second kappa shape index (κ2) is 9.99. The molecule has 206 valence electrons.